The molecule has 0 spiro atoms. The zero-order valence-electron chi connectivity index (χ0n) is 12.0. The molecule has 0 saturated carbocycles. The minimum absolute atomic E-state index is 0.159. The van der Waals surface area contributed by atoms with Gasteiger partial charge in [0.1, 0.15) is 11.5 Å². The molecular formula is C16H19NO3. The minimum atomic E-state index is -0.159. The fraction of sp³-hybridized carbons (Fsp3) is 0.312. The number of benzene rings is 1. The van der Waals surface area contributed by atoms with Gasteiger partial charge in [0, 0.05) is 12.3 Å². The van der Waals surface area contributed by atoms with Crippen LogP contribution in [0.5, 0.6) is 0 Å². The van der Waals surface area contributed by atoms with Crippen molar-refractivity contribution in [3.63, 3.8) is 0 Å². The second kappa shape index (κ2) is 6.39. The van der Waals surface area contributed by atoms with Gasteiger partial charge in [-0.25, -0.2) is 0 Å². The Morgan fingerprint density at radius 3 is 2.75 bits per heavy atom. The Hall–Kier alpha value is -2.07. The van der Waals surface area contributed by atoms with E-state index in [0.717, 1.165) is 17.0 Å². The molecule has 106 valence electrons. The van der Waals surface area contributed by atoms with Gasteiger partial charge in [0.05, 0.1) is 12.2 Å². The van der Waals surface area contributed by atoms with Crippen molar-refractivity contribution in [1.82, 2.24) is 0 Å². The average Bonchev–Trinajstić information content (AvgIpc) is 2.76. The Morgan fingerprint density at radius 2 is 2.10 bits per heavy atom. The van der Waals surface area contributed by atoms with Crippen molar-refractivity contribution in [2.75, 3.05) is 11.9 Å². The van der Waals surface area contributed by atoms with Gasteiger partial charge in [0.2, 0.25) is 0 Å². The topological polar surface area (TPSA) is 51.5 Å². The summed E-state index contributed by atoms with van der Waals surface area (Å²) in [5, 5.41) is 2.87. The minimum Gasteiger partial charge on any atom is -0.466 e. The molecule has 0 unspecified atom stereocenters. The van der Waals surface area contributed by atoms with Crippen LogP contribution in [0.15, 0.2) is 34.7 Å². The molecule has 1 aromatic heterocycles. The fourth-order valence-corrected chi connectivity index (χ4v) is 2.01. The van der Waals surface area contributed by atoms with Crippen LogP contribution in [0.4, 0.5) is 5.69 Å². The normalized spacial score (nSPS) is 10.6. The largest absolute Gasteiger partial charge is 0.466 e. The van der Waals surface area contributed by atoms with Crippen molar-refractivity contribution in [3.8, 4) is 0 Å². The van der Waals surface area contributed by atoms with E-state index in [1.165, 1.54) is 0 Å². The van der Waals surface area contributed by atoms with Gasteiger partial charge in [-0.15, -0.1) is 0 Å². The molecule has 0 radical (unpaired) electrons. The number of aryl methyl sites for hydroxylation is 2. The molecule has 2 aromatic rings. The molecule has 0 aliphatic carbocycles. The van der Waals surface area contributed by atoms with Gasteiger partial charge in [-0.05, 0) is 44.5 Å². The first-order valence-electron chi connectivity index (χ1n) is 6.65. The lowest BCUT2D eigenvalue weighted by molar-refractivity contribution is 0.102. The molecule has 2 rings (SSSR count). The molecular weight excluding hydrogens is 254 g/mol. The third kappa shape index (κ3) is 3.48. The predicted molar refractivity (Wildman–Crippen MR) is 77.9 cm³/mol. The molecule has 20 heavy (non-hydrogen) atoms. The molecule has 0 aliphatic rings. The summed E-state index contributed by atoms with van der Waals surface area (Å²) in [5.41, 5.74) is 2.35. The van der Waals surface area contributed by atoms with E-state index in [0.29, 0.717) is 24.5 Å². The summed E-state index contributed by atoms with van der Waals surface area (Å²) >= 11 is 0. The van der Waals surface area contributed by atoms with E-state index in [1.807, 2.05) is 38.1 Å². The summed E-state index contributed by atoms with van der Waals surface area (Å²) in [5.74, 6) is 1.20. The summed E-state index contributed by atoms with van der Waals surface area (Å²) < 4.78 is 10.7. The molecule has 0 fully saturated rings. The van der Waals surface area contributed by atoms with Crippen LogP contribution in [0.3, 0.4) is 0 Å². The Labute approximate surface area is 118 Å². The SMILES string of the molecule is CCOCc1cccc(NC(=O)c2cc(C)oc2C)c1. The van der Waals surface area contributed by atoms with E-state index in [-0.39, 0.29) is 5.91 Å². The first kappa shape index (κ1) is 14.3. The van der Waals surface area contributed by atoms with Gasteiger partial charge in [0.15, 0.2) is 0 Å². The zero-order chi connectivity index (χ0) is 14.5. The smallest absolute Gasteiger partial charge is 0.259 e. The van der Waals surface area contributed by atoms with Gasteiger partial charge >= 0.3 is 0 Å². The first-order valence-corrected chi connectivity index (χ1v) is 6.65. The van der Waals surface area contributed by atoms with E-state index >= 15 is 0 Å². The van der Waals surface area contributed by atoms with Gasteiger partial charge < -0.3 is 14.5 Å². The molecule has 4 nitrogen and oxygen atoms in total. The molecule has 0 aliphatic heterocycles. The van der Waals surface area contributed by atoms with Crippen LogP contribution >= 0.6 is 0 Å². The van der Waals surface area contributed by atoms with Crippen molar-refractivity contribution >= 4 is 11.6 Å². The summed E-state index contributed by atoms with van der Waals surface area (Å²) in [7, 11) is 0. The lowest BCUT2D eigenvalue weighted by Crippen LogP contribution is -2.12. The van der Waals surface area contributed by atoms with Crippen molar-refractivity contribution in [1.29, 1.82) is 0 Å². The lowest BCUT2D eigenvalue weighted by Gasteiger charge is -2.07. The number of carbonyl (C=O) groups excluding carboxylic acids is 1. The van der Waals surface area contributed by atoms with Gasteiger partial charge in [-0.1, -0.05) is 12.1 Å². The molecule has 1 amide bonds. The highest BCUT2D eigenvalue weighted by atomic mass is 16.5. The number of hydrogen-bond acceptors (Lipinski definition) is 3. The second-order valence-electron chi connectivity index (χ2n) is 4.62. The highest BCUT2D eigenvalue weighted by Crippen LogP contribution is 2.17. The van der Waals surface area contributed by atoms with Crippen LogP contribution in [0, 0.1) is 13.8 Å². The van der Waals surface area contributed by atoms with E-state index in [2.05, 4.69) is 5.32 Å². The molecule has 0 atom stereocenters. The molecule has 4 heteroatoms. The average molecular weight is 273 g/mol. The fourth-order valence-electron chi connectivity index (χ4n) is 2.01. The Kier molecular flexibility index (Phi) is 4.58. The number of nitrogens with one attached hydrogen (secondary N) is 1. The van der Waals surface area contributed by atoms with Crippen LogP contribution in [-0.2, 0) is 11.3 Å². The third-order valence-electron chi connectivity index (χ3n) is 2.94. The van der Waals surface area contributed by atoms with E-state index in [4.69, 9.17) is 9.15 Å². The van der Waals surface area contributed by atoms with E-state index in [9.17, 15) is 4.79 Å². The quantitative estimate of drug-likeness (QED) is 0.904. The second-order valence-corrected chi connectivity index (χ2v) is 4.62. The molecule has 1 aromatic carbocycles. The molecule has 0 saturated heterocycles. The third-order valence-corrected chi connectivity index (χ3v) is 2.94. The number of amides is 1. The highest BCUT2D eigenvalue weighted by molar-refractivity contribution is 6.05. The zero-order valence-corrected chi connectivity index (χ0v) is 12.0. The maximum atomic E-state index is 12.2. The number of hydrogen-bond donors (Lipinski definition) is 1. The molecule has 1 heterocycles. The van der Waals surface area contributed by atoms with Crippen LogP contribution < -0.4 is 5.32 Å². The van der Waals surface area contributed by atoms with Crippen LogP contribution in [0.1, 0.15) is 34.4 Å². The first-order chi connectivity index (χ1) is 9.60. The van der Waals surface area contributed by atoms with Crippen molar-refractivity contribution in [2.45, 2.75) is 27.4 Å². The maximum Gasteiger partial charge on any atom is 0.259 e. The monoisotopic (exact) mass is 273 g/mol. The van der Waals surface area contributed by atoms with Crippen molar-refractivity contribution < 1.29 is 13.9 Å². The Morgan fingerprint density at radius 1 is 1.30 bits per heavy atom. The maximum absolute atomic E-state index is 12.2. The van der Waals surface area contributed by atoms with Crippen LogP contribution in [0.2, 0.25) is 0 Å². The van der Waals surface area contributed by atoms with Crippen molar-refractivity contribution in [2.24, 2.45) is 0 Å². The Balaban J connectivity index is 2.09. The van der Waals surface area contributed by atoms with Crippen LogP contribution in [0.25, 0.3) is 0 Å². The van der Waals surface area contributed by atoms with Crippen LogP contribution in [-0.4, -0.2) is 12.5 Å². The summed E-state index contributed by atoms with van der Waals surface area (Å²) in [6, 6.07) is 9.39. The van der Waals surface area contributed by atoms with Gasteiger partial charge in [0.25, 0.3) is 5.91 Å². The Bertz CT molecular complexity index is 602. The summed E-state index contributed by atoms with van der Waals surface area (Å²) in [6.07, 6.45) is 0. The number of carbonyl (C=O) groups is 1. The number of ether oxygens (including phenoxy) is 1. The lowest BCUT2D eigenvalue weighted by atomic mass is 10.2. The number of rotatable bonds is 5. The molecule has 1 N–H and O–H groups in total. The van der Waals surface area contributed by atoms with Gasteiger partial charge in [-0.3, -0.25) is 4.79 Å². The predicted octanol–water partition coefficient (Wildman–Crippen LogP) is 3.69. The van der Waals surface area contributed by atoms with Crippen molar-refractivity contribution in [3.05, 3.63) is 53.0 Å². The summed E-state index contributed by atoms with van der Waals surface area (Å²) in [6.45, 7) is 6.78. The standard InChI is InChI=1S/C16H19NO3/c1-4-19-10-13-6-5-7-14(9-13)17-16(18)15-8-11(2)20-12(15)3/h5-9H,4,10H2,1-3H3,(H,17,18). The number of furan rings is 1. The highest BCUT2D eigenvalue weighted by Gasteiger charge is 2.13. The van der Waals surface area contributed by atoms with E-state index in [1.54, 1.807) is 13.0 Å². The van der Waals surface area contributed by atoms with Gasteiger partial charge in [-0.2, -0.15) is 0 Å². The summed E-state index contributed by atoms with van der Waals surface area (Å²) in [4.78, 5) is 12.2. The van der Waals surface area contributed by atoms with E-state index < -0.39 is 0 Å². The molecule has 0 bridgehead atoms. The number of anilines is 1.